The van der Waals surface area contributed by atoms with Crippen LogP contribution in [0, 0.1) is 6.92 Å². The summed E-state index contributed by atoms with van der Waals surface area (Å²) in [6.45, 7) is 6.66. The third-order valence-electron chi connectivity index (χ3n) is 4.55. The second-order valence-corrected chi connectivity index (χ2v) is 7.36. The summed E-state index contributed by atoms with van der Waals surface area (Å²) in [5, 5.41) is 5.02. The Bertz CT molecular complexity index is 403. The second kappa shape index (κ2) is 5.90. The third kappa shape index (κ3) is 3.01. The number of nitrogens with one attached hydrogen (secondary N) is 1. The molecule has 1 N–H and O–H groups in total. The fourth-order valence-corrected chi connectivity index (χ4v) is 4.47. The van der Waals surface area contributed by atoms with Crippen LogP contribution in [0.5, 0.6) is 0 Å². The summed E-state index contributed by atoms with van der Waals surface area (Å²) >= 11 is 1.86. The Balaban J connectivity index is 1.60. The molecule has 2 bridgehead atoms. The van der Waals surface area contributed by atoms with E-state index in [-0.39, 0.29) is 0 Å². The van der Waals surface area contributed by atoms with Gasteiger partial charge < -0.3 is 5.32 Å². The molecule has 2 atom stereocenters. The van der Waals surface area contributed by atoms with Crippen molar-refractivity contribution in [2.24, 2.45) is 0 Å². The summed E-state index contributed by atoms with van der Waals surface area (Å²) < 4.78 is 0. The van der Waals surface area contributed by atoms with Crippen LogP contribution in [0.3, 0.4) is 0 Å². The summed E-state index contributed by atoms with van der Waals surface area (Å²) in [5.41, 5.74) is 0. The van der Waals surface area contributed by atoms with Gasteiger partial charge in [0.25, 0.3) is 0 Å². The van der Waals surface area contributed by atoms with Crippen LogP contribution in [-0.2, 0) is 6.54 Å². The van der Waals surface area contributed by atoms with Crippen LogP contribution in [0.4, 0.5) is 0 Å². The van der Waals surface area contributed by atoms with Gasteiger partial charge >= 0.3 is 0 Å². The van der Waals surface area contributed by atoms with E-state index in [0.717, 1.165) is 24.7 Å². The minimum atomic E-state index is 0.756. The molecular formula is C15H25N3S. The van der Waals surface area contributed by atoms with E-state index in [1.54, 1.807) is 0 Å². The summed E-state index contributed by atoms with van der Waals surface area (Å²) in [6.07, 6.45) is 8.70. The molecule has 2 aliphatic heterocycles. The number of nitrogens with zero attached hydrogens (tertiary/aromatic N) is 2. The molecule has 0 aromatic carbocycles. The summed E-state index contributed by atoms with van der Waals surface area (Å²) in [6, 6.07) is 2.33. The van der Waals surface area contributed by atoms with Crippen molar-refractivity contribution in [2.75, 3.05) is 6.54 Å². The second-order valence-electron chi connectivity index (χ2n) is 6.04. The molecule has 0 saturated carbocycles. The lowest BCUT2D eigenvalue weighted by Gasteiger charge is -2.38. The van der Waals surface area contributed by atoms with E-state index in [9.17, 15) is 0 Å². The maximum atomic E-state index is 4.54. The first-order chi connectivity index (χ1) is 9.26. The zero-order valence-electron chi connectivity index (χ0n) is 12.1. The molecule has 3 nitrogen and oxygen atoms in total. The zero-order valence-corrected chi connectivity index (χ0v) is 12.9. The fraction of sp³-hybridized carbons (Fsp3) is 0.800. The molecule has 2 fully saturated rings. The molecule has 4 heteroatoms. The van der Waals surface area contributed by atoms with Crippen molar-refractivity contribution in [3.05, 3.63) is 16.1 Å². The Labute approximate surface area is 120 Å². The van der Waals surface area contributed by atoms with Gasteiger partial charge in [0.15, 0.2) is 0 Å². The van der Waals surface area contributed by atoms with Crippen molar-refractivity contribution in [1.29, 1.82) is 0 Å². The van der Waals surface area contributed by atoms with E-state index in [2.05, 4.69) is 29.0 Å². The summed E-state index contributed by atoms with van der Waals surface area (Å²) in [7, 11) is 0. The summed E-state index contributed by atoms with van der Waals surface area (Å²) in [5.74, 6) is 0. The molecule has 2 unspecified atom stereocenters. The molecule has 0 aliphatic carbocycles. The SMILES string of the molecule is CCCNC1CC2CCC(C1)N2Cc1ncc(C)s1. The van der Waals surface area contributed by atoms with Crippen molar-refractivity contribution >= 4 is 11.3 Å². The minimum Gasteiger partial charge on any atom is -0.314 e. The molecule has 0 spiro atoms. The van der Waals surface area contributed by atoms with Crippen molar-refractivity contribution in [2.45, 2.75) is 70.6 Å². The van der Waals surface area contributed by atoms with Crippen molar-refractivity contribution < 1.29 is 0 Å². The number of thiazole rings is 1. The number of hydrogen-bond acceptors (Lipinski definition) is 4. The van der Waals surface area contributed by atoms with Gasteiger partial charge in [-0.1, -0.05) is 6.92 Å². The Kier molecular flexibility index (Phi) is 4.20. The van der Waals surface area contributed by atoms with Crippen LogP contribution < -0.4 is 5.32 Å². The fourth-order valence-electron chi connectivity index (χ4n) is 3.68. The van der Waals surface area contributed by atoms with Crippen LogP contribution in [-0.4, -0.2) is 34.6 Å². The third-order valence-corrected chi connectivity index (χ3v) is 5.45. The predicted octanol–water partition coefficient (Wildman–Crippen LogP) is 2.95. The Morgan fingerprint density at radius 1 is 1.37 bits per heavy atom. The summed E-state index contributed by atoms with van der Waals surface area (Å²) in [4.78, 5) is 8.60. The number of fused-ring (bicyclic) bond motifs is 2. The molecule has 1 aromatic heterocycles. The molecule has 2 aliphatic rings. The van der Waals surface area contributed by atoms with E-state index < -0.39 is 0 Å². The van der Waals surface area contributed by atoms with E-state index >= 15 is 0 Å². The van der Waals surface area contributed by atoms with Gasteiger partial charge in [-0.3, -0.25) is 4.90 Å². The van der Waals surface area contributed by atoms with Gasteiger partial charge in [-0.15, -0.1) is 11.3 Å². The Hall–Kier alpha value is -0.450. The van der Waals surface area contributed by atoms with Crippen LogP contribution in [0.15, 0.2) is 6.20 Å². The maximum absolute atomic E-state index is 4.54. The number of aryl methyl sites for hydroxylation is 1. The molecule has 0 amide bonds. The monoisotopic (exact) mass is 279 g/mol. The van der Waals surface area contributed by atoms with E-state index in [0.29, 0.717) is 0 Å². The van der Waals surface area contributed by atoms with E-state index in [4.69, 9.17) is 0 Å². The largest absolute Gasteiger partial charge is 0.314 e. The first-order valence-corrected chi connectivity index (χ1v) is 8.48. The molecule has 19 heavy (non-hydrogen) atoms. The van der Waals surface area contributed by atoms with E-state index in [1.165, 1.54) is 48.5 Å². The number of piperidine rings is 1. The number of rotatable bonds is 5. The lowest BCUT2D eigenvalue weighted by molar-refractivity contribution is 0.109. The van der Waals surface area contributed by atoms with Crippen LogP contribution in [0.2, 0.25) is 0 Å². The molecule has 0 radical (unpaired) electrons. The molecule has 2 saturated heterocycles. The van der Waals surface area contributed by atoms with Gasteiger partial charge in [0.05, 0.1) is 6.54 Å². The highest BCUT2D eigenvalue weighted by Gasteiger charge is 2.40. The van der Waals surface area contributed by atoms with Crippen molar-refractivity contribution in [1.82, 2.24) is 15.2 Å². The first-order valence-electron chi connectivity index (χ1n) is 7.66. The van der Waals surface area contributed by atoms with Crippen molar-refractivity contribution in [3.8, 4) is 0 Å². The van der Waals surface area contributed by atoms with Crippen LogP contribution in [0.25, 0.3) is 0 Å². The minimum absolute atomic E-state index is 0.756. The van der Waals surface area contributed by atoms with Crippen molar-refractivity contribution in [3.63, 3.8) is 0 Å². The predicted molar refractivity (Wildman–Crippen MR) is 80.5 cm³/mol. The quantitative estimate of drug-likeness (QED) is 0.898. The molecule has 3 rings (SSSR count). The van der Waals surface area contributed by atoms with Gasteiger partial charge in [-0.2, -0.15) is 0 Å². The number of aromatic nitrogens is 1. The van der Waals surface area contributed by atoms with Gasteiger partial charge in [0, 0.05) is 29.2 Å². The highest BCUT2D eigenvalue weighted by molar-refractivity contribution is 7.11. The highest BCUT2D eigenvalue weighted by Crippen LogP contribution is 2.37. The average Bonchev–Trinajstić information content (AvgIpc) is 2.89. The average molecular weight is 279 g/mol. The van der Waals surface area contributed by atoms with Gasteiger partial charge in [-0.05, 0) is 45.6 Å². The lowest BCUT2D eigenvalue weighted by atomic mass is 9.97. The smallest absolute Gasteiger partial charge is 0.107 e. The van der Waals surface area contributed by atoms with Gasteiger partial charge in [0.1, 0.15) is 5.01 Å². The topological polar surface area (TPSA) is 28.2 Å². The Morgan fingerprint density at radius 3 is 2.68 bits per heavy atom. The molecule has 106 valence electrons. The van der Waals surface area contributed by atoms with Crippen LogP contribution >= 0.6 is 11.3 Å². The molecule has 1 aromatic rings. The maximum Gasteiger partial charge on any atom is 0.107 e. The molecular weight excluding hydrogens is 254 g/mol. The zero-order chi connectivity index (χ0) is 13.2. The van der Waals surface area contributed by atoms with E-state index in [1.807, 2.05) is 17.5 Å². The molecule has 3 heterocycles. The van der Waals surface area contributed by atoms with Gasteiger partial charge in [0.2, 0.25) is 0 Å². The normalized spacial score (nSPS) is 30.9. The Morgan fingerprint density at radius 2 is 2.11 bits per heavy atom. The van der Waals surface area contributed by atoms with Crippen LogP contribution in [0.1, 0.15) is 48.9 Å². The highest BCUT2D eigenvalue weighted by atomic mass is 32.1. The number of hydrogen-bond donors (Lipinski definition) is 1. The van der Waals surface area contributed by atoms with Gasteiger partial charge in [-0.25, -0.2) is 4.98 Å². The first kappa shape index (κ1) is 13.5. The lowest BCUT2D eigenvalue weighted by Crippen LogP contribution is -2.48. The standard InChI is InChI=1S/C15H25N3S/c1-3-6-16-12-7-13-4-5-14(8-12)18(13)10-15-17-9-11(2)19-15/h9,12-14,16H,3-8,10H2,1-2H3.